The minimum Gasteiger partial charge on any atom is -0.463 e. The first kappa shape index (κ1) is 12.9. The number of rotatable bonds is 4. The average molecular weight is 287 g/mol. The molecule has 86 valence electrons. The van der Waals surface area contributed by atoms with Crippen LogP contribution in [-0.4, -0.2) is 12.6 Å². The molecule has 0 N–H and O–H groups in total. The lowest BCUT2D eigenvalue weighted by Crippen LogP contribution is -1.99. The maximum absolute atomic E-state index is 12.7. The fraction of sp³-hybridized carbons (Fsp3) is 0.250. The van der Waals surface area contributed by atoms with Crippen molar-refractivity contribution >= 4 is 21.9 Å². The van der Waals surface area contributed by atoms with Crippen LogP contribution in [0.15, 0.2) is 36.4 Å². The van der Waals surface area contributed by atoms with E-state index in [1.165, 1.54) is 18.2 Å². The number of carbonyl (C=O) groups is 1. The van der Waals surface area contributed by atoms with Crippen LogP contribution in [0.1, 0.15) is 17.3 Å². The molecule has 0 fully saturated rings. The molecule has 0 aliphatic heterocycles. The SMILES string of the molecule is CCOC(=O)/C=C\C(Br)c1ccc(F)cc1. The Bertz CT molecular complexity index is 373. The summed E-state index contributed by atoms with van der Waals surface area (Å²) in [5, 5.41) is 0. The number of hydrogen-bond donors (Lipinski definition) is 0. The summed E-state index contributed by atoms with van der Waals surface area (Å²) in [7, 11) is 0. The first-order valence-corrected chi connectivity index (χ1v) is 5.79. The van der Waals surface area contributed by atoms with Crippen molar-refractivity contribution in [3.63, 3.8) is 0 Å². The summed E-state index contributed by atoms with van der Waals surface area (Å²) in [6.45, 7) is 2.10. The number of benzene rings is 1. The minimum atomic E-state index is -0.380. The molecule has 16 heavy (non-hydrogen) atoms. The maximum Gasteiger partial charge on any atom is 0.330 e. The highest BCUT2D eigenvalue weighted by Crippen LogP contribution is 2.24. The Labute approximate surface area is 102 Å². The van der Waals surface area contributed by atoms with Crippen molar-refractivity contribution in [3.8, 4) is 0 Å². The van der Waals surface area contributed by atoms with E-state index < -0.39 is 0 Å². The van der Waals surface area contributed by atoms with Crippen LogP contribution in [-0.2, 0) is 9.53 Å². The summed E-state index contributed by atoms with van der Waals surface area (Å²) in [5.41, 5.74) is 0.877. The number of hydrogen-bond acceptors (Lipinski definition) is 2. The predicted octanol–water partition coefficient (Wildman–Crippen LogP) is 3.38. The highest BCUT2D eigenvalue weighted by atomic mass is 79.9. The second kappa shape index (κ2) is 6.43. The molecule has 0 saturated heterocycles. The van der Waals surface area contributed by atoms with Crippen molar-refractivity contribution in [1.29, 1.82) is 0 Å². The molecule has 0 amide bonds. The normalized spacial score (nSPS) is 12.7. The van der Waals surface area contributed by atoms with Crippen LogP contribution in [0.4, 0.5) is 4.39 Å². The molecule has 1 rings (SSSR count). The van der Waals surface area contributed by atoms with E-state index in [1.807, 2.05) is 0 Å². The van der Waals surface area contributed by atoms with Crippen molar-refractivity contribution in [2.75, 3.05) is 6.61 Å². The number of halogens is 2. The van der Waals surface area contributed by atoms with Gasteiger partial charge in [-0.3, -0.25) is 0 Å². The zero-order valence-electron chi connectivity index (χ0n) is 8.82. The summed E-state index contributed by atoms with van der Waals surface area (Å²) >= 11 is 3.37. The van der Waals surface area contributed by atoms with Gasteiger partial charge in [0.2, 0.25) is 0 Å². The molecule has 0 aliphatic rings. The van der Waals surface area contributed by atoms with E-state index in [4.69, 9.17) is 4.74 Å². The Morgan fingerprint density at radius 1 is 1.50 bits per heavy atom. The largest absolute Gasteiger partial charge is 0.463 e. The Kier molecular flexibility index (Phi) is 5.19. The predicted molar refractivity (Wildman–Crippen MR) is 63.8 cm³/mol. The third-order valence-corrected chi connectivity index (χ3v) is 2.71. The third kappa shape index (κ3) is 4.14. The molecule has 1 aromatic rings. The van der Waals surface area contributed by atoms with Gasteiger partial charge in [-0.25, -0.2) is 9.18 Å². The second-order valence-corrected chi connectivity index (χ2v) is 4.05. The molecular weight excluding hydrogens is 275 g/mol. The quantitative estimate of drug-likeness (QED) is 0.482. The molecule has 0 spiro atoms. The molecule has 0 aliphatic carbocycles. The summed E-state index contributed by atoms with van der Waals surface area (Å²) in [4.78, 5) is 10.9. The van der Waals surface area contributed by atoms with Gasteiger partial charge in [0.25, 0.3) is 0 Å². The number of ether oxygens (including phenoxy) is 1. The number of allylic oxidation sites excluding steroid dienone is 1. The van der Waals surface area contributed by atoms with Gasteiger partial charge in [-0.1, -0.05) is 34.1 Å². The average Bonchev–Trinajstić information content (AvgIpc) is 2.27. The Morgan fingerprint density at radius 3 is 2.69 bits per heavy atom. The molecule has 0 saturated carbocycles. The van der Waals surface area contributed by atoms with Gasteiger partial charge < -0.3 is 4.74 Å². The van der Waals surface area contributed by atoms with Crippen molar-refractivity contribution in [3.05, 3.63) is 47.8 Å². The standard InChI is InChI=1S/C12H12BrFO2/c1-2-16-12(15)8-7-11(13)9-3-5-10(14)6-4-9/h3-8,11H,2H2,1H3/b8-7-. The van der Waals surface area contributed by atoms with Crippen molar-refractivity contribution in [1.82, 2.24) is 0 Å². The fourth-order valence-electron chi connectivity index (χ4n) is 1.11. The van der Waals surface area contributed by atoms with E-state index in [0.717, 1.165) is 5.56 Å². The van der Waals surface area contributed by atoms with E-state index in [1.54, 1.807) is 25.1 Å². The van der Waals surface area contributed by atoms with Crippen LogP contribution in [0.2, 0.25) is 0 Å². The van der Waals surface area contributed by atoms with Gasteiger partial charge in [-0.2, -0.15) is 0 Å². The van der Waals surface area contributed by atoms with Crippen LogP contribution >= 0.6 is 15.9 Å². The minimum absolute atomic E-state index is 0.127. The fourth-order valence-corrected chi connectivity index (χ4v) is 1.57. The highest BCUT2D eigenvalue weighted by molar-refractivity contribution is 9.09. The number of esters is 1. The van der Waals surface area contributed by atoms with Crippen molar-refractivity contribution in [2.24, 2.45) is 0 Å². The smallest absolute Gasteiger partial charge is 0.330 e. The molecule has 1 atom stereocenters. The summed E-state index contributed by atoms with van der Waals surface area (Å²) in [6, 6.07) is 6.07. The zero-order valence-corrected chi connectivity index (χ0v) is 10.4. The first-order chi connectivity index (χ1) is 7.63. The molecule has 2 nitrogen and oxygen atoms in total. The lowest BCUT2D eigenvalue weighted by molar-refractivity contribution is -0.137. The van der Waals surface area contributed by atoms with Gasteiger partial charge in [-0.15, -0.1) is 0 Å². The topological polar surface area (TPSA) is 26.3 Å². The van der Waals surface area contributed by atoms with Gasteiger partial charge >= 0.3 is 5.97 Å². The monoisotopic (exact) mass is 286 g/mol. The summed E-state index contributed by atoms with van der Waals surface area (Å²) in [6.07, 6.45) is 3.01. The number of carbonyl (C=O) groups excluding carboxylic acids is 1. The first-order valence-electron chi connectivity index (χ1n) is 4.88. The van der Waals surface area contributed by atoms with E-state index in [2.05, 4.69) is 15.9 Å². The summed E-state index contributed by atoms with van der Waals surface area (Å²) < 4.78 is 17.4. The molecule has 1 aromatic carbocycles. The molecule has 4 heteroatoms. The molecule has 0 aromatic heterocycles. The van der Waals surface area contributed by atoms with E-state index in [-0.39, 0.29) is 16.6 Å². The van der Waals surface area contributed by atoms with Crippen LogP contribution in [0.5, 0.6) is 0 Å². The van der Waals surface area contributed by atoms with Crippen LogP contribution in [0.3, 0.4) is 0 Å². The molecular formula is C12H12BrFO2. The van der Waals surface area contributed by atoms with Gasteiger partial charge in [0, 0.05) is 6.08 Å². The lowest BCUT2D eigenvalue weighted by atomic mass is 10.1. The summed E-state index contributed by atoms with van der Waals surface area (Å²) in [5.74, 6) is -0.660. The Hall–Kier alpha value is -1.16. The van der Waals surface area contributed by atoms with Crippen LogP contribution in [0, 0.1) is 5.82 Å². The van der Waals surface area contributed by atoms with E-state index >= 15 is 0 Å². The van der Waals surface area contributed by atoms with Gasteiger partial charge in [0.15, 0.2) is 0 Å². The Morgan fingerprint density at radius 2 is 2.12 bits per heavy atom. The third-order valence-electron chi connectivity index (χ3n) is 1.88. The maximum atomic E-state index is 12.7. The van der Waals surface area contributed by atoms with E-state index in [0.29, 0.717) is 6.61 Å². The lowest BCUT2D eigenvalue weighted by Gasteiger charge is -2.04. The van der Waals surface area contributed by atoms with Gasteiger partial charge in [-0.05, 0) is 24.6 Å². The van der Waals surface area contributed by atoms with Crippen LogP contribution < -0.4 is 0 Å². The zero-order chi connectivity index (χ0) is 12.0. The molecule has 1 unspecified atom stereocenters. The molecule has 0 radical (unpaired) electrons. The van der Waals surface area contributed by atoms with Crippen molar-refractivity contribution < 1.29 is 13.9 Å². The van der Waals surface area contributed by atoms with Gasteiger partial charge in [0.1, 0.15) is 5.82 Å². The molecule has 0 heterocycles. The van der Waals surface area contributed by atoms with Crippen LogP contribution in [0.25, 0.3) is 0 Å². The van der Waals surface area contributed by atoms with E-state index in [9.17, 15) is 9.18 Å². The number of alkyl halides is 1. The highest BCUT2D eigenvalue weighted by Gasteiger charge is 2.04. The Balaban J connectivity index is 2.61. The second-order valence-electron chi connectivity index (χ2n) is 3.06. The molecule has 0 bridgehead atoms. The van der Waals surface area contributed by atoms with Gasteiger partial charge in [0.05, 0.1) is 11.4 Å². The van der Waals surface area contributed by atoms with Crippen molar-refractivity contribution in [2.45, 2.75) is 11.8 Å².